The number of nitrogen functional groups attached to an aromatic ring is 1. The summed E-state index contributed by atoms with van der Waals surface area (Å²) >= 11 is 0. The summed E-state index contributed by atoms with van der Waals surface area (Å²) in [5, 5.41) is 12.5. The number of hydrogen-bond acceptors (Lipinski definition) is 7. The highest BCUT2D eigenvalue weighted by Gasteiger charge is 2.24. The topological polar surface area (TPSA) is 143 Å². The van der Waals surface area contributed by atoms with Crippen LogP contribution >= 0.6 is 0 Å². The van der Waals surface area contributed by atoms with Crippen molar-refractivity contribution in [2.24, 2.45) is 5.14 Å². The predicted octanol–water partition coefficient (Wildman–Crippen LogP) is 0.452. The Bertz CT molecular complexity index is 834. The summed E-state index contributed by atoms with van der Waals surface area (Å²) in [7, 11) is -3.79. The molecular formula is C13H17N5O4S. The summed E-state index contributed by atoms with van der Waals surface area (Å²) < 4.78 is 28.8. The lowest BCUT2D eigenvalue weighted by atomic mass is 10.2. The molecule has 1 aromatic heterocycles. The maximum Gasteiger partial charge on any atom is 0.363 e. The first-order valence-corrected chi connectivity index (χ1v) is 8.11. The molecule has 0 saturated carbocycles. The largest absolute Gasteiger partial charge is 0.455 e. The molecule has 0 unspecified atom stereocenters. The normalized spacial score (nSPS) is 12.2. The van der Waals surface area contributed by atoms with E-state index in [-0.39, 0.29) is 16.4 Å². The summed E-state index contributed by atoms with van der Waals surface area (Å²) in [4.78, 5) is 11.9. The number of nitrogens with zero attached hydrogens (tertiary/aromatic N) is 3. The van der Waals surface area contributed by atoms with Gasteiger partial charge in [-0.1, -0.05) is 5.21 Å². The summed E-state index contributed by atoms with van der Waals surface area (Å²) in [6.07, 6.45) is 0. The van der Waals surface area contributed by atoms with Gasteiger partial charge in [-0.3, -0.25) is 0 Å². The highest BCUT2D eigenvalue weighted by atomic mass is 32.2. The standard InChI is InChI=1S/C13H17N5O4S/c1-13(2,3)22-12(19)10-11(14)18(17-16-10)8-4-6-9(7-5-8)23(15,20)21/h4-7H,14H2,1-3H3,(H2,15,20,21). The molecule has 124 valence electrons. The molecule has 0 spiro atoms. The molecule has 0 aliphatic carbocycles. The maximum atomic E-state index is 12.0. The van der Waals surface area contributed by atoms with Gasteiger partial charge in [-0.15, -0.1) is 5.10 Å². The van der Waals surface area contributed by atoms with E-state index in [1.165, 1.54) is 28.9 Å². The molecule has 2 rings (SSSR count). The monoisotopic (exact) mass is 339 g/mol. The first kappa shape index (κ1) is 16.9. The zero-order valence-electron chi connectivity index (χ0n) is 12.8. The lowest BCUT2D eigenvalue weighted by Crippen LogP contribution is -2.24. The molecule has 0 atom stereocenters. The fourth-order valence-corrected chi connectivity index (χ4v) is 2.24. The maximum absolute atomic E-state index is 12.0. The third-order valence-electron chi connectivity index (χ3n) is 2.71. The minimum absolute atomic E-state index is 0.0115. The van der Waals surface area contributed by atoms with Gasteiger partial charge in [0.1, 0.15) is 5.60 Å². The van der Waals surface area contributed by atoms with Crippen LogP contribution in [0.15, 0.2) is 29.2 Å². The van der Waals surface area contributed by atoms with Crippen molar-refractivity contribution in [2.75, 3.05) is 5.73 Å². The predicted molar refractivity (Wildman–Crippen MR) is 82.3 cm³/mol. The van der Waals surface area contributed by atoms with Crippen LogP contribution in [0.5, 0.6) is 0 Å². The number of anilines is 1. The second-order valence-electron chi connectivity index (χ2n) is 5.78. The van der Waals surface area contributed by atoms with E-state index in [9.17, 15) is 13.2 Å². The van der Waals surface area contributed by atoms with Crippen molar-refractivity contribution >= 4 is 21.8 Å². The lowest BCUT2D eigenvalue weighted by Gasteiger charge is -2.18. The molecule has 0 aliphatic heterocycles. The molecule has 23 heavy (non-hydrogen) atoms. The minimum Gasteiger partial charge on any atom is -0.455 e. The van der Waals surface area contributed by atoms with Crippen molar-refractivity contribution in [2.45, 2.75) is 31.3 Å². The van der Waals surface area contributed by atoms with Crippen molar-refractivity contribution in [1.82, 2.24) is 15.0 Å². The number of primary sulfonamides is 1. The Kier molecular flexibility index (Phi) is 4.14. The summed E-state index contributed by atoms with van der Waals surface area (Å²) in [5.41, 5.74) is 5.50. The van der Waals surface area contributed by atoms with Crippen LogP contribution in [0.4, 0.5) is 5.82 Å². The molecule has 1 heterocycles. The fraction of sp³-hybridized carbons (Fsp3) is 0.308. The van der Waals surface area contributed by atoms with Crippen molar-refractivity contribution in [1.29, 1.82) is 0 Å². The van der Waals surface area contributed by atoms with Crippen LogP contribution in [-0.4, -0.2) is 35.0 Å². The average molecular weight is 339 g/mol. The molecule has 4 N–H and O–H groups in total. The summed E-state index contributed by atoms with van der Waals surface area (Å²) in [6.45, 7) is 5.16. The van der Waals surface area contributed by atoms with E-state index in [2.05, 4.69) is 10.3 Å². The Labute approximate surface area is 133 Å². The van der Waals surface area contributed by atoms with Crippen LogP contribution < -0.4 is 10.9 Å². The van der Waals surface area contributed by atoms with Crippen molar-refractivity contribution in [3.8, 4) is 5.69 Å². The van der Waals surface area contributed by atoms with Gasteiger partial charge in [0.05, 0.1) is 10.6 Å². The molecule has 2 aromatic rings. The molecule has 1 aromatic carbocycles. The third-order valence-corrected chi connectivity index (χ3v) is 3.64. The number of carbonyl (C=O) groups is 1. The zero-order chi connectivity index (χ0) is 17.4. The highest BCUT2D eigenvalue weighted by molar-refractivity contribution is 7.89. The molecule has 0 radical (unpaired) electrons. The fourth-order valence-electron chi connectivity index (χ4n) is 1.73. The van der Waals surface area contributed by atoms with Crippen LogP contribution in [0.1, 0.15) is 31.3 Å². The number of esters is 1. The Morgan fingerprint density at radius 3 is 2.26 bits per heavy atom. The third kappa shape index (κ3) is 3.85. The van der Waals surface area contributed by atoms with Gasteiger partial charge in [-0.2, -0.15) is 4.68 Å². The molecule has 0 amide bonds. The number of benzene rings is 1. The van der Waals surface area contributed by atoms with Crippen LogP contribution in [0.2, 0.25) is 0 Å². The highest BCUT2D eigenvalue weighted by Crippen LogP contribution is 2.19. The first-order chi connectivity index (χ1) is 10.5. The second kappa shape index (κ2) is 5.63. The van der Waals surface area contributed by atoms with Gasteiger partial charge >= 0.3 is 5.97 Å². The SMILES string of the molecule is CC(C)(C)OC(=O)c1nnn(-c2ccc(S(N)(=O)=O)cc2)c1N. The quantitative estimate of drug-likeness (QED) is 0.773. The van der Waals surface area contributed by atoms with Gasteiger partial charge in [-0.05, 0) is 45.0 Å². The van der Waals surface area contributed by atoms with Gasteiger partial charge in [0.15, 0.2) is 5.82 Å². The van der Waals surface area contributed by atoms with E-state index in [4.69, 9.17) is 15.6 Å². The molecule has 0 fully saturated rings. The molecule has 0 saturated heterocycles. The van der Waals surface area contributed by atoms with Crippen LogP contribution in [0.3, 0.4) is 0 Å². The Hall–Kier alpha value is -2.46. The van der Waals surface area contributed by atoms with Crippen LogP contribution in [-0.2, 0) is 14.8 Å². The molecular weight excluding hydrogens is 322 g/mol. The first-order valence-electron chi connectivity index (χ1n) is 6.57. The second-order valence-corrected chi connectivity index (χ2v) is 7.34. The number of carbonyl (C=O) groups excluding carboxylic acids is 1. The summed E-state index contributed by atoms with van der Waals surface area (Å²) in [6, 6.07) is 5.51. The summed E-state index contributed by atoms with van der Waals surface area (Å²) in [5.74, 6) is -0.704. The van der Waals surface area contributed by atoms with Crippen LogP contribution in [0.25, 0.3) is 5.69 Å². The Morgan fingerprint density at radius 1 is 1.22 bits per heavy atom. The Balaban J connectivity index is 2.34. The van der Waals surface area contributed by atoms with Crippen LogP contribution in [0, 0.1) is 0 Å². The molecule has 9 nitrogen and oxygen atoms in total. The van der Waals surface area contributed by atoms with Gasteiger partial charge < -0.3 is 10.5 Å². The van der Waals surface area contributed by atoms with Gasteiger partial charge in [-0.25, -0.2) is 18.4 Å². The van der Waals surface area contributed by atoms with E-state index >= 15 is 0 Å². The number of ether oxygens (including phenoxy) is 1. The average Bonchev–Trinajstić information content (AvgIpc) is 2.78. The zero-order valence-corrected chi connectivity index (χ0v) is 13.7. The number of hydrogen-bond donors (Lipinski definition) is 2. The van der Waals surface area contributed by atoms with E-state index in [0.29, 0.717) is 5.69 Å². The molecule has 0 aliphatic rings. The van der Waals surface area contributed by atoms with E-state index in [0.717, 1.165) is 0 Å². The van der Waals surface area contributed by atoms with Crippen molar-refractivity contribution in [3.63, 3.8) is 0 Å². The van der Waals surface area contributed by atoms with Gasteiger partial charge in [0.2, 0.25) is 15.7 Å². The molecule has 10 heteroatoms. The Morgan fingerprint density at radius 2 is 1.78 bits per heavy atom. The number of rotatable bonds is 3. The van der Waals surface area contributed by atoms with Gasteiger partial charge in [0, 0.05) is 0 Å². The number of sulfonamides is 1. The van der Waals surface area contributed by atoms with E-state index in [1.54, 1.807) is 20.8 Å². The smallest absolute Gasteiger partial charge is 0.363 e. The number of aromatic nitrogens is 3. The number of nitrogens with two attached hydrogens (primary N) is 2. The van der Waals surface area contributed by atoms with E-state index in [1.807, 2.05) is 0 Å². The van der Waals surface area contributed by atoms with Gasteiger partial charge in [0.25, 0.3) is 0 Å². The van der Waals surface area contributed by atoms with Crippen molar-refractivity contribution in [3.05, 3.63) is 30.0 Å². The lowest BCUT2D eigenvalue weighted by molar-refractivity contribution is 0.00640. The molecule has 0 bridgehead atoms. The van der Waals surface area contributed by atoms with Crippen molar-refractivity contribution < 1.29 is 17.9 Å². The van der Waals surface area contributed by atoms with E-state index < -0.39 is 21.6 Å². The minimum atomic E-state index is -3.79.